The first kappa shape index (κ1) is 18.7. The number of phosphoric ester groups is 2. The van der Waals surface area contributed by atoms with Crippen molar-refractivity contribution in [3.05, 3.63) is 24.3 Å². The van der Waals surface area contributed by atoms with Gasteiger partial charge in [-0.1, -0.05) is 11.1 Å². The Labute approximate surface area is 113 Å². The fourth-order valence-electron chi connectivity index (χ4n) is 0.848. The van der Waals surface area contributed by atoms with Crippen LogP contribution >= 0.6 is 15.6 Å². The number of rotatable bonds is 10. The molecule has 19 heavy (non-hydrogen) atoms. The molecule has 0 aliphatic rings. The van der Waals surface area contributed by atoms with Gasteiger partial charge in [-0.15, -0.1) is 13.2 Å². The fourth-order valence-corrected chi connectivity index (χ4v) is 2.91. The summed E-state index contributed by atoms with van der Waals surface area (Å²) in [5.41, 5.74) is 1.48. The van der Waals surface area contributed by atoms with Crippen LogP contribution in [0.1, 0.15) is 26.7 Å². The fraction of sp³-hybridized carbons (Fsp3) is 0.600. The van der Waals surface area contributed by atoms with Gasteiger partial charge < -0.3 is 9.79 Å². The average molecular weight is 314 g/mol. The highest BCUT2D eigenvalue weighted by atomic mass is 31.3. The minimum Gasteiger partial charge on any atom is -0.302 e. The highest BCUT2D eigenvalue weighted by Gasteiger charge is 2.34. The summed E-state index contributed by atoms with van der Waals surface area (Å²) in [6.45, 7) is 10.3. The molecular weight excluding hydrogens is 294 g/mol. The quantitative estimate of drug-likeness (QED) is 0.471. The highest BCUT2D eigenvalue weighted by Crippen LogP contribution is 2.60. The van der Waals surface area contributed by atoms with E-state index in [1.54, 1.807) is 13.8 Å². The summed E-state index contributed by atoms with van der Waals surface area (Å²) in [5.74, 6) is 0. The van der Waals surface area contributed by atoms with Gasteiger partial charge >= 0.3 is 15.6 Å². The number of hydrogen-bond acceptors (Lipinski definition) is 5. The maximum absolute atomic E-state index is 11.4. The second-order valence-corrected chi connectivity index (χ2v) is 7.14. The normalized spacial score (nSPS) is 17.5. The van der Waals surface area contributed by atoms with Gasteiger partial charge in [-0.05, 0) is 26.7 Å². The zero-order valence-corrected chi connectivity index (χ0v) is 12.9. The van der Waals surface area contributed by atoms with E-state index >= 15 is 0 Å². The van der Waals surface area contributed by atoms with Gasteiger partial charge in [0, 0.05) is 0 Å². The van der Waals surface area contributed by atoms with Crippen molar-refractivity contribution >= 4 is 15.6 Å². The third-order valence-corrected chi connectivity index (χ3v) is 4.44. The lowest BCUT2D eigenvalue weighted by Crippen LogP contribution is -2.00. The molecule has 0 bridgehead atoms. The molecule has 9 heteroatoms. The maximum atomic E-state index is 11.4. The van der Waals surface area contributed by atoms with E-state index in [1.807, 2.05) is 0 Å². The first-order valence-electron chi connectivity index (χ1n) is 5.49. The van der Waals surface area contributed by atoms with Crippen molar-refractivity contribution in [1.29, 1.82) is 0 Å². The minimum absolute atomic E-state index is 0.144. The zero-order chi connectivity index (χ0) is 15.1. The first-order valence-corrected chi connectivity index (χ1v) is 8.48. The molecule has 0 saturated heterocycles. The van der Waals surface area contributed by atoms with E-state index in [0.717, 1.165) is 11.1 Å². The third-order valence-electron chi connectivity index (χ3n) is 1.77. The molecule has 0 radical (unpaired) electrons. The predicted molar refractivity (Wildman–Crippen MR) is 71.5 cm³/mol. The van der Waals surface area contributed by atoms with Gasteiger partial charge in [-0.2, -0.15) is 4.31 Å². The Bertz CT molecular complexity index is 380. The minimum atomic E-state index is -4.64. The molecule has 0 aliphatic carbocycles. The van der Waals surface area contributed by atoms with Gasteiger partial charge in [0.2, 0.25) is 0 Å². The van der Waals surface area contributed by atoms with Crippen LogP contribution in [0.2, 0.25) is 0 Å². The molecule has 0 aromatic heterocycles. The first-order chi connectivity index (χ1) is 8.54. The van der Waals surface area contributed by atoms with E-state index in [2.05, 4.69) is 26.5 Å². The van der Waals surface area contributed by atoms with Crippen LogP contribution in [0.3, 0.4) is 0 Å². The largest absolute Gasteiger partial charge is 0.481 e. The molecular formula is C10H20O7P2. The Morgan fingerprint density at radius 2 is 1.26 bits per heavy atom. The van der Waals surface area contributed by atoms with Crippen molar-refractivity contribution in [2.24, 2.45) is 0 Å². The van der Waals surface area contributed by atoms with Crippen LogP contribution in [0.15, 0.2) is 24.3 Å². The molecule has 0 fully saturated rings. The molecule has 0 rings (SSSR count). The van der Waals surface area contributed by atoms with Gasteiger partial charge in [0.25, 0.3) is 0 Å². The summed E-state index contributed by atoms with van der Waals surface area (Å²) in [5, 5.41) is 0. The Balaban J connectivity index is 4.22. The molecule has 112 valence electrons. The van der Waals surface area contributed by atoms with E-state index in [1.165, 1.54) is 0 Å². The van der Waals surface area contributed by atoms with Crippen molar-refractivity contribution in [3.8, 4) is 0 Å². The van der Waals surface area contributed by atoms with Gasteiger partial charge in [-0.25, -0.2) is 9.13 Å². The molecule has 2 N–H and O–H groups in total. The SMILES string of the molecule is C=C(C)CCOP(=O)(O)OP(=O)(O)OCCC(=C)C. The van der Waals surface area contributed by atoms with Crippen molar-refractivity contribution in [3.63, 3.8) is 0 Å². The van der Waals surface area contributed by atoms with Gasteiger partial charge in [0.05, 0.1) is 13.2 Å². The molecule has 7 nitrogen and oxygen atoms in total. The molecule has 0 spiro atoms. The molecule has 2 unspecified atom stereocenters. The van der Waals surface area contributed by atoms with Crippen molar-refractivity contribution < 1.29 is 32.3 Å². The summed E-state index contributed by atoms with van der Waals surface area (Å²) < 4.78 is 35.8. The van der Waals surface area contributed by atoms with E-state index in [4.69, 9.17) is 0 Å². The second kappa shape index (κ2) is 8.12. The second-order valence-electron chi connectivity index (χ2n) is 4.10. The molecule has 2 atom stereocenters. The molecule has 0 aliphatic heterocycles. The van der Waals surface area contributed by atoms with Gasteiger partial charge in [-0.3, -0.25) is 9.05 Å². The van der Waals surface area contributed by atoms with Gasteiger partial charge in [0.1, 0.15) is 0 Å². The smallest absolute Gasteiger partial charge is 0.302 e. The lowest BCUT2D eigenvalue weighted by Gasteiger charge is -2.16. The van der Waals surface area contributed by atoms with Crippen LogP contribution < -0.4 is 0 Å². The summed E-state index contributed by atoms with van der Waals surface area (Å²) >= 11 is 0. The van der Waals surface area contributed by atoms with Crippen LogP contribution in [0.25, 0.3) is 0 Å². The zero-order valence-electron chi connectivity index (χ0n) is 11.1. The number of phosphoric acid groups is 2. The Kier molecular flexibility index (Phi) is 8.01. The summed E-state index contributed by atoms with van der Waals surface area (Å²) in [7, 11) is -9.27. The van der Waals surface area contributed by atoms with Crippen LogP contribution in [0, 0.1) is 0 Å². The van der Waals surface area contributed by atoms with Crippen molar-refractivity contribution in [2.75, 3.05) is 13.2 Å². The van der Waals surface area contributed by atoms with Crippen LogP contribution in [0.4, 0.5) is 0 Å². The number of hydrogen-bond donors (Lipinski definition) is 2. The topological polar surface area (TPSA) is 102 Å². The van der Waals surface area contributed by atoms with E-state index in [-0.39, 0.29) is 13.2 Å². The Morgan fingerprint density at radius 1 is 0.947 bits per heavy atom. The standard InChI is InChI=1S/C10H20O7P2/c1-9(2)5-7-15-18(11,12)17-19(13,14)16-8-6-10(3)4/h1,3,5-8H2,2,4H3,(H,11,12)(H,13,14). The lowest BCUT2D eigenvalue weighted by atomic mass is 10.3. The van der Waals surface area contributed by atoms with E-state index in [9.17, 15) is 18.9 Å². The molecule has 0 amide bonds. The van der Waals surface area contributed by atoms with E-state index < -0.39 is 15.6 Å². The molecule has 0 heterocycles. The van der Waals surface area contributed by atoms with E-state index in [0.29, 0.717) is 12.8 Å². The highest BCUT2D eigenvalue weighted by molar-refractivity contribution is 7.61. The molecule has 0 aromatic rings. The lowest BCUT2D eigenvalue weighted by molar-refractivity contribution is 0.156. The van der Waals surface area contributed by atoms with Crippen LogP contribution in [0.5, 0.6) is 0 Å². The molecule has 0 saturated carbocycles. The Morgan fingerprint density at radius 3 is 1.53 bits per heavy atom. The van der Waals surface area contributed by atoms with Crippen molar-refractivity contribution in [2.45, 2.75) is 26.7 Å². The summed E-state index contributed by atoms with van der Waals surface area (Å²) in [4.78, 5) is 18.4. The van der Waals surface area contributed by atoms with Crippen LogP contribution in [-0.2, 0) is 22.5 Å². The monoisotopic (exact) mass is 314 g/mol. The van der Waals surface area contributed by atoms with Gasteiger partial charge in [0.15, 0.2) is 0 Å². The maximum Gasteiger partial charge on any atom is 0.481 e. The molecule has 0 aromatic carbocycles. The Hall–Kier alpha value is -0.260. The predicted octanol–water partition coefficient (Wildman–Crippen LogP) is 3.17. The summed E-state index contributed by atoms with van der Waals surface area (Å²) in [6, 6.07) is 0. The third kappa shape index (κ3) is 11.3. The van der Waals surface area contributed by atoms with Crippen LogP contribution in [-0.4, -0.2) is 23.0 Å². The average Bonchev–Trinajstić information content (AvgIpc) is 2.12. The van der Waals surface area contributed by atoms with Crippen molar-refractivity contribution in [1.82, 2.24) is 0 Å². The summed E-state index contributed by atoms with van der Waals surface area (Å²) in [6.07, 6.45) is 0.667.